The van der Waals surface area contributed by atoms with Crippen molar-refractivity contribution in [2.45, 2.75) is 101 Å². The van der Waals surface area contributed by atoms with Crippen molar-refractivity contribution >= 4 is 35.5 Å². The Bertz CT molecular complexity index is 2030. The number of alkyl halides is 2. The second kappa shape index (κ2) is 32.7. The minimum absolute atomic E-state index is 0.108. The van der Waals surface area contributed by atoms with Gasteiger partial charge in [0.2, 0.25) is 17.7 Å². The number of aliphatic hydroxyl groups excluding tert-OH is 4. The van der Waals surface area contributed by atoms with Crippen molar-refractivity contribution in [3.63, 3.8) is 0 Å². The SMILES string of the molecule is O=C(CCOCCOCCOCCOCCn1cc(COCCCCCCO[C@]2(C(=O)O)C[C@H](O)[C@@H](NC(=O)CO)[C@H]([C@H](O)[C@H](O)CNC(=O)Cc3ccc(C(F)F)cc3)O2)nn1)NCCN1C(=O)C=CC1=O. The largest absolute Gasteiger partial charge is 0.477 e. The number of ether oxygens (including phenoxy) is 7. The van der Waals surface area contributed by atoms with E-state index in [9.17, 15) is 63.1 Å². The third-order valence-corrected chi connectivity index (χ3v) is 11.2. The van der Waals surface area contributed by atoms with Crippen LogP contribution < -0.4 is 16.0 Å². The van der Waals surface area contributed by atoms with Gasteiger partial charge in [-0.05, 0) is 18.4 Å². The molecule has 4 rings (SSSR count). The standard InChI is InChI=1S/C46H67F2N7O18/c47-44(48)32-7-5-31(6-8-32)25-37(60)50-27-35(58)42(64)43-41(51-38(61)29-56)34(57)26-46(73-43,45(65)66)72-16-4-2-1-3-15-71-30-33-28-54(53-52-33)14-18-68-20-22-70-24-23-69-21-19-67-17-11-36(59)49-12-13-55-39(62)9-10-40(55)63/h5-10,28,34-35,41-44,56-58,64H,1-4,11-27,29-30H2,(H,49,59)(H,50,60)(H,51,61)(H,65,66)/t34-,35+,41+,42+,43+,46+/m0/s1. The molecule has 2 aromatic rings. The van der Waals surface area contributed by atoms with E-state index in [1.54, 1.807) is 10.9 Å². The van der Waals surface area contributed by atoms with Crippen molar-refractivity contribution in [1.82, 2.24) is 35.8 Å². The van der Waals surface area contributed by atoms with Crippen LogP contribution in [-0.4, -0.2) is 209 Å². The third kappa shape index (κ3) is 21.5. The lowest BCUT2D eigenvalue weighted by Crippen LogP contribution is -2.68. The first-order valence-electron chi connectivity index (χ1n) is 23.8. The highest BCUT2D eigenvalue weighted by atomic mass is 19.3. The van der Waals surface area contributed by atoms with E-state index in [0.29, 0.717) is 96.3 Å². The van der Waals surface area contributed by atoms with Gasteiger partial charge in [-0.3, -0.25) is 28.9 Å². The lowest BCUT2D eigenvalue weighted by molar-refractivity contribution is -0.310. The number of nitrogens with zero attached hydrogens (tertiary/aromatic N) is 4. The summed E-state index contributed by atoms with van der Waals surface area (Å²) in [5.74, 6) is -6.83. The number of carboxylic acid groups (broad SMARTS) is 1. The fourth-order valence-electron chi connectivity index (χ4n) is 7.25. The molecule has 1 fully saturated rings. The lowest BCUT2D eigenvalue weighted by Gasteiger charge is -2.46. The number of hydrogen-bond acceptors (Lipinski definition) is 19. The van der Waals surface area contributed by atoms with E-state index >= 15 is 0 Å². The molecule has 0 bridgehead atoms. The molecule has 1 aromatic heterocycles. The zero-order chi connectivity index (χ0) is 53.0. The van der Waals surface area contributed by atoms with E-state index in [1.165, 1.54) is 36.4 Å². The molecule has 2 aliphatic heterocycles. The predicted octanol–water partition coefficient (Wildman–Crippen LogP) is -1.70. The zero-order valence-electron chi connectivity index (χ0n) is 40.4. The Hall–Kier alpha value is -5.46. The Balaban J connectivity index is 1.01. The first-order valence-corrected chi connectivity index (χ1v) is 23.8. The van der Waals surface area contributed by atoms with E-state index in [1.807, 2.05) is 0 Å². The van der Waals surface area contributed by atoms with Gasteiger partial charge in [-0.25, -0.2) is 18.3 Å². The van der Waals surface area contributed by atoms with Gasteiger partial charge in [-0.15, -0.1) is 5.10 Å². The second-order valence-corrected chi connectivity index (χ2v) is 16.7. The fraction of sp³-hybridized carbons (Fsp3) is 0.652. The normalized spacial score (nSPS) is 19.6. The van der Waals surface area contributed by atoms with Crippen molar-refractivity contribution in [2.24, 2.45) is 0 Å². The van der Waals surface area contributed by atoms with Crippen LogP contribution in [0.4, 0.5) is 8.78 Å². The van der Waals surface area contributed by atoms with Crippen LogP contribution >= 0.6 is 0 Å². The molecule has 5 amide bonds. The van der Waals surface area contributed by atoms with Crippen LogP contribution in [0.2, 0.25) is 0 Å². The minimum atomic E-state index is -2.69. The topological polar surface area (TPSA) is 338 Å². The monoisotopic (exact) mass is 1040 g/mol. The number of aromatic nitrogens is 3. The van der Waals surface area contributed by atoms with E-state index < -0.39 is 91.8 Å². The van der Waals surface area contributed by atoms with Gasteiger partial charge in [0.15, 0.2) is 0 Å². The summed E-state index contributed by atoms with van der Waals surface area (Å²) < 4.78 is 66.4. The molecule has 73 heavy (non-hydrogen) atoms. The highest BCUT2D eigenvalue weighted by Crippen LogP contribution is 2.34. The third-order valence-electron chi connectivity index (χ3n) is 11.2. The van der Waals surface area contributed by atoms with Crippen molar-refractivity contribution in [3.05, 3.63) is 59.4 Å². The number of rotatable bonds is 38. The van der Waals surface area contributed by atoms with Gasteiger partial charge in [-0.1, -0.05) is 42.3 Å². The molecular weight excluding hydrogens is 977 g/mol. The lowest BCUT2D eigenvalue weighted by atomic mass is 9.88. The molecule has 0 unspecified atom stereocenters. The van der Waals surface area contributed by atoms with Gasteiger partial charge in [0.1, 0.15) is 24.5 Å². The number of carbonyl (C=O) groups excluding carboxylic acids is 5. The van der Waals surface area contributed by atoms with Crippen LogP contribution in [0.1, 0.15) is 61.8 Å². The molecular formula is C46H67F2N7O18. The first-order chi connectivity index (χ1) is 35.1. The average Bonchev–Trinajstić information content (AvgIpc) is 3.96. The van der Waals surface area contributed by atoms with Gasteiger partial charge in [0.05, 0.1) is 103 Å². The van der Waals surface area contributed by atoms with Gasteiger partial charge in [0.25, 0.3) is 24.0 Å². The summed E-state index contributed by atoms with van der Waals surface area (Å²) in [5, 5.41) is 67.9. The molecule has 6 atom stereocenters. The van der Waals surface area contributed by atoms with E-state index in [-0.39, 0.29) is 57.2 Å². The van der Waals surface area contributed by atoms with Crippen LogP contribution in [0.5, 0.6) is 0 Å². The molecule has 1 saturated heterocycles. The number of carboxylic acids is 1. The van der Waals surface area contributed by atoms with Crippen molar-refractivity contribution in [3.8, 4) is 0 Å². The zero-order valence-corrected chi connectivity index (χ0v) is 40.4. The number of unbranched alkanes of at least 4 members (excludes halogenated alkanes) is 3. The second-order valence-electron chi connectivity index (χ2n) is 16.7. The van der Waals surface area contributed by atoms with Crippen molar-refractivity contribution < 1.29 is 96.2 Å². The molecule has 27 heteroatoms. The number of carbonyl (C=O) groups is 6. The molecule has 0 aliphatic carbocycles. The Morgan fingerprint density at radius 2 is 1.42 bits per heavy atom. The highest BCUT2D eigenvalue weighted by molar-refractivity contribution is 6.12. The number of halogens is 2. The smallest absolute Gasteiger partial charge is 0.364 e. The van der Waals surface area contributed by atoms with E-state index in [2.05, 4.69) is 26.3 Å². The summed E-state index contributed by atoms with van der Waals surface area (Å²) in [4.78, 5) is 73.1. The average molecular weight is 1040 g/mol. The number of benzene rings is 1. The molecule has 8 N–H and O–H groups in total. The number of hydrogen-bond donors (Lipinski definition) is 8. The number of aliphatic hydroxyl groups is 4. The molecule has 25 nitrogen and oxygen atoms in total. The Morgan fingerprint density at radius 3 is 2.05 bits per heavy atom. The van der Waals surface area contributed by atoms with E-state index in [4.69, 9.17) is 33.2 Å². The van der Waals surface area contributed by atoms with Crippen LogP contribution in [0.15, 0.2) is 42.6 Å². The molecule has 0 spiro atoms. The Morgan fingerprint density at radius 1 is 0.795 bits per heavy atom. The summed E-state index contributed by atoms with van der Waals surface area (Å²) in [6, 6.07) is 3.50. The Labute approximate surface area is 419 Å². The summed E-state index contributed by atoms with van der Waals surface area (Å²) in [7, 11) is 0. The van der Waals surface area contributed by atoms with Crippen LogP contribution in [-0.2, 0) is 81.5 Å². The molecule has 0 radical (unpaired) electrons. The molecule has 1 aromatic carbocycles. The van der Waals surface area contributed by atoms with Crippen LogP contribution in [0.3, 0.4) is 0 Å². The summed E-state index contributed by atoms with van der Waals surface area (Å²) >= 11 is 0. The summed E-state index contributed by atoms with van der Waals surface area (Å²) in [5.41, 5.74) is 0.788. The number of amides is 5. The molecule has 408 valence electrons. The van der Waals surface area contributed by atoms with Gasteiger partial charge >= 0.3 is 5.97 Å². The number of imide groups is 1. The van der Waals surface area contributed by atoms with Crippen molar-refractivity contribution in [2.75, 3.05) is 92.3 Å². The van der Waals surface area contributed by atoms with E-state index in [0.717, 1.165) is 4.90 Å². The maximum atomic E-state index is 12.9. The fourth-order valence-corrected chi connectivity index (χ4v) is 7.25. The molecule has 2 aliphatic rings. The Kier molecular flexibility index (Phi) is 26.9. The number of aliphatic carboxylic acids is 1. The number of nitrogens with one attached hydrogen (secondary N) is 3. The molecule has 3 heterocycles. The summed E-state index contributed by atoms with van der Waals surface area (Å²) in [6.07, 6.45) is -4.41. The highest BCUT2D eigenvalue weighted by Gasteiger charge is 2.55. The molecule has 0 saturated carbocycles. The quantitative estimate of drug-likeness (QED) is 0.0274. The maximum absolute atomic E-state index is 12.9. The predicted molar refractivity (Wildman–Crippen MR) is 246 cm³/mol. The maximum Gasteiger partial charge on any atom is 0.364 e. The minimum Gasteiger partial charge on any atom is -0.477 e. The first kappa shape index (κ1) is 60.1. The van der Waals surface area contributed by atoms with Crippen molar-refractivity contribution in [1.29, 1.82) is 0 Å². The van der Waals surface area contributed by atoms with Gasteiger partial charge < -0.3 is 74.6 Å². The summed E-state index contributed by atoms with van der Waals surface area (Å²) in [6.45, 7) is 2.28. The van der Waals surface area contributed by atoms with Crippen LogP contribution in [0.25, 0.3) is 0 Å². The van der Waals surface area contributed by atoms with Gasteiger partial charge in [0, 0.05) is 56.8 Å². The van der Waals surface area contributed by atoms with Gasteiger partial charge in [-0.2, -0.15) is 0 Å². The van der Waals surface area contributed by atoms with Crippen LogP contribution in [0, 0.1) is 0 Å².